The summed E-state index contributed by atoms with van der Waals surface area (Å²) in [6.07, 6.45) is 1.08. The average molecular weight is 305 g/mol. The highest BCUT2D eigenvalue weighted by Gasteiger charge is 2.04. The van der Waals surface area contributed by atoms with E-state index in [0.29, 0.717) is 22.3 Å². The van der Waals surface area contributed by atoms with Gasteiger partial charge < -0.3 is 15.4 Å². The van der Waals surface area contributed by atoms with Crippen LogP contribution in [0.4, 0.5) is 0 Å². The van der Waals surface area contributed by atoms with Crippen molar-refractivity contribution in [1.29, 1.82) is 0 Å². The highest BCUT2D eigenvalue weighted by Crippen LogP contribution is 2.26. The van der Waals surface area contributed by atoms with Crippen LogP contribution in [-0.2, 0) is 4.79 Å². The van der Waals surface area contributed by atoms with E-state index in [0.717, 1.165) is 19.5 Å². The van der Waals surface area contributed by atoms with E-state index in [9.17, 15) is 4.79 Å². The Morgan fingerprint density at radius 1 is 1.21 bits per heavy atom. The lowest BCUT2D eigenvalue weighted by molar-refractivity contribution is -0.123. The molecule has 0 aliphatic rings. The van der Waals surface area contributed by atoms with Crippen LogP contribution in [0, 0.1) is 0 Å². The molecule has 0 bridgehead atoms. The maximum absolute atomic E-state index is 11.5. The molecule has 0 saturated carbocycles. The van der Waals surface area contributed by atoms with Gasteiger partial charge in [-0.15, -0.1) is 0 Å². The summed E-state index contributed by atoms with van der Waals surface area (Å²) >= 11 is 11.6. The van der Waals surface area contributed by atoms with Gasteiger partial charge in [0.2, 0.25) is 0 Å². The molecule has 2 N–H and O–H groups in total. The molecule has 0 atom stereocenters. The number of carbonyl (C=O) groups excluding carboxylic acids is 1. The van der Waals surface area contributed by atoms with E-state index in [1.807, 2.05) is 0 Å². The van der Waals surface area contributed by atoms with Gasteiger partial charge >= 0.3 is 0 Å². The lowest BCUT2D eigenvalue weighted by atomic mass is 10.3. The van der Waals surface area contributed by atoms with Crippen LogP contribution in [0.1, 0.15) is 13.3 Å². The Kier molecular flexibility index (Phi) is 7.63. The van der Waals surface area contributed by atoms with Gasteiger partial charge in [0.15, 0.2) is 6.61 Å². The molecule has 1 amide bonds. The van der Waals surface area contributed by atoms with Crippen LogP contribution in [-0.4, -0.2) is 32.1 Å². The molecule has 4 nitrogen and oxygen atoms in total. The first-order chi connectivity index (χ1) is 9.13. The van der Waals surface area contributed by atoms with Crippen molar-refractivity contribution in [3.8, 4) is 5.75 Å². The quantitative estimate of drug-likeness (QED) is 0.726. The number of halogens is 2. The third-order valence-corrected chi connectivity index (χ3v) is 3.05. The van der Waals surface area contributed by atoms with Crippen molar-refractivity contribution < 1.29 is 9.53 Å². The molecule has 0 fully saturated rings. The summed E-state index contributed by atoms with van der Waals surface area (Å²) in [6.45, 7) is 4.36. The summed E-state index contributed by atoms with van der Waals surface area (Å²) in [5.41, 5.74) is 0. The molecule has 19 heavy (non-hydrogen) atoms. The van der Waals surface area contributed by atoms with Crippen LogP contribution in [0.25, 0.3) is 0 Å². The first kappa shape index (κ1) is 16.1. The zero-order valence-electron chi connectivity index (χ0n) is 10.8. The molecule has 0 saturated heterocycles. The number of carbonyl (C=O) groups is 1. The van der Waals surface area contributed by atoms with Gasteiger partial charge in [0.25, 0.3) is 5.91 Å². The van der Waals surface area contributed by atoms with Gasteiger partial charge in [-0.3, -0.25) is 4.79 Å². The van der Waals surface area contributed by atoms with Gasteiger partial charge in [-0.25, -0.2) is 0 Å². The topological polar surface area (TPSA) is 50.4 Å². The van der Waals surface area contributed by atoms with E-state index in [4.69, 9.17) is 27.9 Å². The highest BCUT2D eigenvalue weighted by atomic mass is 35.5. The smallest absolute Gasteiger partial charge is 0.257 e. The molecular weight excluding hydrogens is 287 g/mol. The fraction of sp³-hybridized carbons (Fsp3) is 0.462. The lowest BCUT2D eigenvalue weighted by Gasteiger charge is -2.08. The third kappa shape index (κ3) is 6.66. The van der Waals surface area contributed by atoms with Gasteiger partial charge in [-0.05, 0) is 25.1 Å². The molecule has 1 aromatic carbocycles. The Labute approximate surface area is 123 Å². The first-order valence-corrected chi connectivity index (χ1v) is 6.94. The zero-order valence-corrected chi connectivity index (χ0v) is 12.4. The molecule has 0 radical (unpaired) electrons. The zero-order chi connectivity index (χ0) is 14.1. The van der Waals surface area contributed by atoms with Gasteiger partial charge in [0.1, 0.15) is 5.75 Å². The number of rotatable bonds is 8. The molecule has 1 rings (SSSR count). The van der Waals surface area contributed by atoms with Crippen LogP contribution >= 0.6 is 23.2 Å². The Bertz CT molecular complexity index is 414. The Morgan fingerprint density at radius 3 is 2.68 bits per heavy atom. The number of hydrogen-bond acceptors (Lipinski definition) is 3. The Morgan fingerprint density at radius 2 is 2.00 bits per heavy atom. The van der Waals surface area contributed by atoms with Crippen LogP contribution in [0.15, 0.2) is 18.2 Å². The van der Waals surface area contributed by atoms with E-state index in [1.54, 1.807) is 18.2 Å². The van der Waals surface area contributed by atoms with Crippen molar-refractivity contribution in [2.45, 2.75) is 13.3 Å². The van der Waals surface area contributed by atoms with Crippen LogP contribution in [0.2, 0.25) is 10.0 Å². The van der Waals surface area contributed by atoms with Gasteiger partial charge in [-0.2, -0.15) is 0 Å². The minimum Gasteiger partial charge on any atom is -0.484 e. The summed E-state index contributed by atoms with van der Waals surface area (Å²) in [5, 5.41) is 6.81. The molecule has 0 spiro atoms. The van der Waals surface area contributed by atoms with E-state index in [1.165, 1.54) is 0 Å². The van der Waals surface area contributed by atoms with E-state index in [-0.39, 0.29) is 12.5 Å². The maximum atomic E-state index is 11.5. The lowest BCUT2D eigenvalue weighted by Crippen LogP contribution is -2.35. The summed E-state index contributed by atoms with van der Waals surface area (Å²) < 4.78 is 5.31. The molecule has 0 aromatic heterocycles. The second-order valence-corrected chi connectivity index (χ2v) is 4.78. The highest BCUT2D eigenvalue weighted by molar-refractivity contribution is 6.42. The van der Waals surface area contributed by atoms with Crippen molar-refractivity contribution >= 4 is 29.1 Å². The number of ether oxygens (including phenoxy) is 1. The van der Waals surface area contributed by atoms with E-state index in [2.05, 4.69) is 17.6 Å². The average Bonchev–Trinajstić information content (AvgIpc) is 2.40. The predicted octanol–water partition coefficient (Wildman–Crippen LogP) is 2.49. The second kappa shape index (κ2) is 9.02. The molecule has 0 unspecified atom stereocenters. The van der Waals surface area contributed by atoms with Crippen LogP contribution < -0.4 is 15.4 Å². The summed E-state index contributed by atoms with van der Waals surface area (Å²) in [4.78, 5) is 11.5. The Balaban J connectivity index is 2.20. The van der Waals surface area contributed by atoms with Crippen molar-refractivity contribution in [3.63, 3.8) is 0 Å². The minimum absolute atomic E-state index is 0.0360. The first-order valence-electron chi connectivity index (χ1n) is 6.18. The summed E-state index contributed by atoms with van der Waals surface area (Å²) in [6, 6.07) is 4.88. The van der Waals surface area contributed by atoms with Crippen molar-refractivity contribution in [2.24, 2.45) is 0 Å². The van der Waals surface area contributed by atoms with Gasteiger partial charge in [-0.1, -0.05) is 30.1 Å². The largest absolute Gasteiger partial charge is 0.484 e. The van der Waals surface area contributed by atoms with E-state index >= 15 is 0 Å². The normalized spacial score (nSPS) is 10.3. The fourth-order valence-electron chi connectivity index (χ4n) is 1.36. The van der Waals surface area contributed by atoms with Crippen LogP contribution in [0.3, 0.4) is 0 Å². The van der Waals surface area contributed by atoms with Gasteiger partial charge in [0, 0.05) is 19.2 Å². The molecule has 106 valence electrons. The molecule has 0 aliphatic heterocycles. The third-order valence-electron chi connectivity index (χ3n) is 2.31. The molecule has 6 heteroatoms. The number of nitrogens with one attached hydrogen (secondary N) is 2. The fourth-order valence-corrected chi connectivity index (χ4v) is 1.65. The standard InChI is InChI=1S/C13H18Cl2N2O2/c1-2-5-16-6-7-17-13(18)9-19-10-3-4-11(14)12(15)8-10/h3-4,8,16H,2,5-7,9H2,1H3,(H,17,18). The SMILES string of the molecule is CCCNCCNC(=O)COc1ccc(Cl)c(Cl)c1. The predicted molar refractivity (Wildman–Crippen MR) is 78.1 cm³/mol. The minimum atomic E-state index is -0.163. The second-order valence-electron chi connectivity index (χ2n) is 3.96. The molecule has 0 heterocycles. The van der Waals surface area contributed by atoms with E-state index < -0.39 is 0 Å². The molecular formula is C13H18Cl2N2O2. The number of hydrogen-bond donors (Lipinski definition) is 2. The summed E-state index contributed by atoms with van der Waals surface area (Å²) in [7, 11) is 0. The van der Waals surface area contributed by atoms with Crippen molar-refractivity contribution in [1.82, 2.24) is 10.6 Å². The summed E-state index contributed by atoms with van der Waals surface area (Å²) in [5.74, 6) is 0.359. The van der Waals surface area contributed by atoms with Crippen LogP contribution in [0.5, 0.6) is 5.75 Å². The molecule has 1 aromatic rings. The monoisotopic (exact) mass is 304 g/mol. The number of amides is 1. The maximum Gasteiger partial charge on any atom is 0.257 e. The van der Waals surface area contributed by atoms with Gasteiger partial charge in [0.05, 0.1) is 10.0 Å². The number of benzene rings is 1. The van der Waals surface area contributed by atoms with Crippen molar-refractivity contribution in [2.75, 3.05) is 26.2 Å². The molecule has 0 aliphatic carbocycles. The van der Waals surface area contributed by atoms with Crippen molar-refractivity contribution in [3.05, 3.63) is 28.2 Å². The Hall–Kier alpha value is -0.970.